The second-order valence-electron chi connectivity index (χ2n) is 5.14. The molecular formula is C18H19BrClNO2. The molecule has 1 unspecified atom stereocenters. The van der Waals surface area contributed by atoms with Gasteiger partial charge in [-0.25, -0.2) is 0 Å². The predicted octanol–water partition coefficient (Wildman–Crippen LogP) is 4.54. The molecule has 0 aliphatic heterocycles. The van der Waals surface area contributed by atoms with E-state index in [1.54, 1.807) is 7.11 Å². The van der Waals surface area contributed by atoms with E-state index < -0.39 is 0 Å². The quantitative estimate of drug-likeness (QED) is 0.746. The minimum absolute atomic E-state index is 0.00476. The van der Waals surface area contributed by atoms with Crippen LogP contribution in [-0.2, 0) is 16.0 Å². The second kappa shape index (κ2) is 9.06. The van der Waals surface area contributed by atoms with Crippen molar-refractivity contribution in [1.29, 1.82) is 0 Å². The van der Waals surface area contributed by atoms with Gasteiger partial charge in [-0.3, -0.25) is 4.79 Å². The zero-order valence-electron chi connectivity index (χ0n) is 12.9. The first-order valence-corrected chi connectivity index (χ1v) is 8.56. The molecule has 2 aromatic rings. The highest BCUT2D eigenvalue weighted by molar-refractivity contribution is 9.10. The van der Waals surface area contributed by atoms with Crippen molar-refractivity contribution in [3.05, 3.63) is 69.2 Å². The number of methoxy groups -OCH3 is 1. The van der Waals surface area contributed by atoms with Crippen molar-refractivity contribution in [2.75, 3.05) is 13.7 Å². The van der Waals surface area contributed by atoms with Gasteiger partial charge in [0.2, 0.25) is 5.91 Å². The fourth-order valence-corrected chi connectivity index (χ4v) is 3.04. The third kappa shape index (κ3) is 5.34. The molecule has 5 heteroatoms. The molecule has 0 aliphatic carbocycles. The van der Waals surface area contributed by atoms with Crippen LogP contribution in [0, 0.1) is 0 Å². The average molecular weight is 397 g/mol. The lowest BCUT2D eigenvalue weighted by Gasteiger charge is -2.17. The Morgan fingerprint density at radius 1 is 1.22 bits per heavy atom. The van der Waals surface area contributed by atoms with Gasteiger partial charge in [-0.1, -0.05) is 63.9 Å². The summed E-state index contributed by atoms with van der Waals surface area (Å²) in [5, 5.41) is 3.55. The van der Waals surface area contributed by atoms with Crippen LogP contribution in [0.15, 0.2) is 53.0 Å². The minimum Gasteiger partial charge on any atom is -0.375 e. The van der Waals surface area contributed by atoms with Gasteiger partial charge < -0.3 is 10.1 Å². The number of ether oxygens (including phenoxy) is 1. The summed E-state index contributed by atoms with van der Waals surface area (Å²) in [4.78, 5) is 12.0. The van der Waals surface area contributed by atoms with E-state index in [1.165, 1.54) is 0 Å². The van der Waals surface area contributed by atoms with E-state index in [1.807, 2.05) is 48.5 Å². The van der Waals surface area contributed by atoms with E-state index in [0.717, 1.165) is 15.6 Å². The number of hydrogen-bond donors (Lipinski definition) is 1. The van der Waals surface area contributed by atoms with Gasteiger partial charge in [0.05, 0.1) is 0 Å². The fourth-order valence-electron chi connectivity index (χ4n) is 2.30. The van der Waals surface area contributed by atoms with Crippen LogP contribution < -0.4 is 5.32 Å². The molecule has 1 N–H and O–H groups in total. The van der Waals surface area contributed by atoms with E-state index in [-0.39, 0.29) is 12.0 Å². The third-order valence-electron chi connectivity index (χ3n) is 3.60. The lowest BCUT2D eigenvalue weighted by atomic mass is 10.1. The van der Waals surface area contributed by atoms with E-state index in [4.69, 9.17) is 16.3 Å². The smallest absolute Gasteiger partial charge is 0.220 e. The molecule has 23 heavy (non-hydrogen) atoms. The minimum atomic E-state index is -0.254. The summed E-state index contributed by atoms with van der Waals surface area (Å²) < 4.78 is 6.47. The van der Waals surface area contributed by atoms with Gasteiger partial charge in [-0.2, -0.15) is 0 Å². The van der Waals surface area contributed by atoms with Crippen LogP contribution in [0.2, 0.25) is 5.02 Å². The van der Waals surface area contributed by atoms with Gasteiger partial charge in [0.15, 0.2) is 0 Å². The number of hydrogen-bond acceptors (Lipinski definition) is 2. The summed E-state index contributed by atoms with van der Waals surface area (Å²) in [6.45, 7) is 0.398. The number of aryl methyl sites for hydroxylation is 1. The lowest BCUT2D eigenvalue weighted by molar-refractivity contribution is -0.121. The molecule has 1 amide bonds. The van der Waals surface area contributed by atoms with Gasteiger partial charge in [-0.15, -0.1) is 0 Å². The first kappa shape index (κ1) is 18.0. The Hall–Kier alpha value is -1.36. The van der Waals surface area contributed by atoms with Crippen LogP contribution in [-0.4, -0.2) is 19.6 Å². The zero-order chi connectivity index (χ0) is 16.7. The van der Waals surface area contributed by atoms with Crippen molar-refractivity contribution in [2.24, 2.45) is 0 Å². The molecule has 0 saturated heterocycles. The highest BCUT2D eigenvalue weighted by atomic mass is 79.9. The van der Waals surface area contributed by atoms with Crippen LogP contribution in [0.5, 0.6) is 0 Å². The number of halogens is 2. The SMILES string of the molecule is COC(CNC(=O)CCc1ccccc1Br)c1ccccc1Cl. The number of carbonyl (C=O) groups excluding carboxylic acids is 1. The maximum absolute atomic E-state index is 12.0. The van der Waals surface area contributed by atoms with Crippen molar-refractivity contribution in [1.82, 2.24) is 5.32 Å². The number of benzene rings is 2. The predicted molar refractivity (Wildman–Crippen MR) is 96.7 cm³/mol. The third-order valence-corrected chi connectivity index (χ3v) is 4.72. The van der Waals surface area contributed by atoms with Crippen LogP contribution in [0.25, 0.3) is 0 Å². The molecule has 122 valence electrons. The largest absolute Gasteiger partial charge is 0.375 e. The van der Waals surface area contributed by atoms with E-state index in [0.29, 0.717) is 24.4 Å². The van der Waals surface area contributed by atoms with E-state index in [2.05, 4.69) is 21.2 Å². The molecule has 0 aliphatic rings. The molecule has 3 nitrogen and oxygen atoms in total. The summed E-state index contributed by atoms with van der Waals surface area (Å²) in [6, 6.07) is 15.4. The van der Waals surface area contributed by atoms with Crippen molar-refractivity contribution in [3.63, 3.8) is 0 Å². The molecule has 0 aromatic heterocycles. The van der Waals surface area contributed by atoms with Crippen LogP contribution in [0.1, 0.15) is 23.7 Å². The molecule has 0 fully saturated rings. The van der Waals surface area contributed by atoms with E-state index in [9.17, 15) is 4.79 Å². The topological polar surface area (TPSA) is 38.3 Å². The normalized spacial score (nSPS) is 12.0. The summed E-state index contributed by atoms with van der Waals surface area (Å²) in [5.74, 6) is -0.00476. The first-order valence-electron chi connectivity index (χ1n) is 7.39. The number of nitrogens with one attached hydrogen (secondary N) is 1. The van der Waals surface area contributed by atoms with Crippen molar-refractivity contribution in [3.8, 4) is 0 Å². The summed E-state index contributed by atoms with van der Waals surface area (Å²) in [6.07, 6.45) is 0.870. The Balaban J connectivity index is 1.86. The Bertz CT molecular complexity index is 663. The number of rotatable bonds is 7. The first-order chi connectivity index (χ1) is 11.1. The highest BCUT2D eigenvalue weighted by Crippen LogP contribution is 2.24. The van der Waals surface area contributed by atoms with Gasteiger partial charge in [0.1, 0.15) is 6.10 Å². The van der Waals surface area contributed by atoms with Crippen LogP contribution in [0.4, 0.5) is 0 Å². The van der Waals surface area contributed by atoms with Gasteiger partial charge in [0.25, 0.3) is 0 Å². The molecule has 0 bridgehead atoms. The molecule has 2 aromatic carbocycles. The Kier molecular flexibility index (Phi) is 7.09. The maximum atomic E-state index is 12.0. The molecule has 0 saturated carbocycles. The average Bonchev–Trinajstić information content (AvgIpc) is 2.56. The van der Waals surface area contributed by atoms with Crippen LogP contribution >= 0.6 is 27.5 Å². The molecule has 0 spiro atoms. The second-order valence-corrected chi connectivity index (χ2v) is 6.40. The number of carbonyl (C=O) groups is 1. The zero-order valence-corrected chi connectivity index (χ0v) is 15.2. The Morgan fingerprint density at radius 2 is 1.91 bits per heavy atom. The lowest BCUT2D eigenvalue weighted by Crippen LogP contribution is -2.29. The molecule has 1 atom stereocenters. The maximum Gasteiger partial charge on any atom is 0.220 e. The standard InChI is InChI=1S/C18H19BrClNO2/c1-23-17(14-7-3-5-9-16(14)20)12-21-18(22)11-10-13-6-2-4-8-15(13)19/h2-9,17H,10-12H2,1H3,(H,21,22). The Labute approximate surface area is 150 Å². The monoisotopic (exact) mass is 395 g/mol. The summed E-state index contributed by atoms with van der Waals surface area (Å²) >= 11 is 9.67. The van der Waals surface area contributed by atoms with Gasteiger partial charge in [-0.05, 0) is 24.1 Å². The van der Waals surface area contributed by atoms with Gasteiger partial charge >= 0.3 is 0 Å². The van der Waals surface area contributed by atoms with Crippen molar-refractivity contribution >= 4 is 33.4 Å². The molecule has 0 radical (unpaired) electrons. The molecular weight excluding hydrogens is 378 g/mol. The molecule has 2 rings (SSSR count). The highest BCUT2D eigenvalue weighted by Gasteiger charge is 2.15. The van der Waals surface area contributed by atoms with Crippen molar-refractivity contribution < 1.29 is 9.53 Å². The number of amides is 1. The summed E-state index contributed by atoms with van der Waals surface area (Å²) in [7, 11) is 1.61. The molecule has 0 heterocycles. The summed E-state index contributed by atoms with van der Waals surface area (Å²) in [5.41, 5.74) is 2.00. The fraction of sp³-hybridized carbons (Fsp3) is 0.278. The van der Waals surface area contributed by atoms with Crippen LogP contribution in [0.3, 0.4) is 0 Å². The Morgan fingerprint density at radius 3 is 2.61 bits per heavy atom. The van der Waals surface area contributed by atoms with Gasteiger partial charge in [0, 0.05) is 35.1 Å². The van der Waals surface area contributed by atoms with Crippen molar-refractivity contribution in [2.45, 2.75) is 18.9 Å². The van der Waals surface area contributed by atoms with E-state index >= 15 is 0 Å².